The quantitative estimate of drug-likeness (QED) is 0.180. The SMILES string of the molecule is N#C/C(=C\c1cccc(OC(=O)c2ccc(Cl)cc2Cl)c1)C(=O)Nc1cccc(C(F)(F)F)c1. The van der Waals surface area contributed by atoms with Crippen LogP contribution in [0.25, 0.3) is 6.08 Å². The van der Waals surface area contributed by atoms with E-state index in [1.807, 2.05) is 0 Å². The summed E-state index contributed by atoms with van der Waals surface area (Å²) >= 11 is 11.8. The topological polar surface area (TPSA) is 79.2 Å². The Morgan fingerprint density at radius 2 is 1.74 bits per heavy atom. The largest absolute Gasteiger partial charge is 0.423 e. The van der Waals surface area contributed by atoms with Crippen molar-refractivity contribution in [3.8, 4) is 11.8 Å². The van der Waals surface area contributed by atoms with Gasteiger partial charge in [-0.2, -0.15) is 18.4 Å². The number of benzene rings is 3. The molecule has 0 heterocycles. The number of alkyl halides is 3. The second-order valence-electron chi connectivity index (χ2n) is 6.79. The summed E-state index contributed by atoms with van der Waals surface area (Å²) < 4.78 is 43.9. The molecule has 1 N–H and O–H groups in total. The highest BCUT2D eigenvalue weighted by Gasteiger charge is 2.30. The molecule has 3 rings (SSSR count). The van der Waals surface area contributed by atoms with Crippen molar-refractivity contribution in [3.05, 3.63) is 99.0 Å². The molecule has 0 aliphatic carbocycles. The average Bonchev–Trinajstić information content (AvgIpc) is 2.77. The van der Waals surface area contributed by atoms with Crippen molar-refractivity contribution in [1.29, 1.82) is 5.26 Å². The van der Waals surface area contributed by atoms with Crippen LogP contribution in [0.1, 0.15) is 21.5 Å². The lowest BCUT2D eigenvalue weighted by Gasteiger charge is -2.10. The highest BCUT2D eigenvalue weighted by atomic mass is 35.5. The first-order chi connectivity index (χ1) is 16.1. The van der Waals surface area contributed by atoms with Crippen LogP contribution in [0, 0.1) is 11.3 Å². The van der Waals surface area contributed by atoms with E-state index >= 15 is 0 Å². The highest BCUT2D eigenvalue weighted by molar-refractivity contribution is 6.36. The van der Waals surface area contributed by atoms with Crippen LogP contribution in [0.5, 0.6) is 5.75 Å². The second-order valence-corrected chi connectivity index (χ2v) is 7.63. The van der Waals surface area contributed by atoms with E-state index in [4.69, 9.17) is 27.9 Å². The van der Waals surface area contributed by atoms with E-state index in [1.165, 1.54) is 48.5 Å². The van der Waals surface area contributed by atoms with Crippen molar-refractivity contribution >= 4 is 46.8 Å². The smallest absolute Gasteiger partial charge is 0.416 e. The number of nitrogens with one attached hydrogen (secondary N) is 1. The molecular formula is C24H13Cl2F3N2O3. The molecule has 1 amide bonds. The van der Waals surface area contributed by atoms with Crippen molar-refractivity contribution in [2.24, 2.45) is 0 Å². The number of amides is 1. The van der Waals surface area contributed by atoms with E-state index in [0.717, 1.165) is 18.2 Å². The lowest BCUT2D eigenvalue weighted by Crippen LogP contribution is -2.14. The fourth-order valence-electron chi connectivity index (χ4n) is 2.77. The zero-order valence-electron chi connectivity index (χ0n) is 17.0. The van der Waals surface area contributed by atoms with Crippen molar-refractivity contribution in [2.75, 3.05) is 5.32 Å². The number of rotatable bonds is 5. The Hall–Kier alpha value is -3.80. The van der Waals surface area contributed by atoms with Crippen LogP contribution in [0.3, 0.4) is 0 Å². The molecule has 0 aliphatic heterocycles. The Kier molecular flexibility index (Phi) is 7.61. The number of carbonyl (C=O) groups is 2. The van der Waals surface area contributed by atoms with Crippen molar-refractivity contribution < 1.29 is 27.5 Å². The first-order valence-electron chi connectivity index (χ1n) is 9.44. The molecule has 0 unspecified atom stereocenters. The van der Waals surface area contributed by atoms with Crippen LogP contribution >= 0.6 is 23.2 Å². The second kappa shape index (κ2) is 10.4. The van der Waals surface area contributed by atoms with Gasteiger partial charge < -0.3 is 10.1 Å². The minimum absolute atomic E-state index is 0.0881. The van der Waals surface area contributed by atoms with Crippen molar-refractivity contribution in [1.82, 2.24) is 0 Å². The van der Waals surface area contributed by atoms with Gasteiger partial charge in [0.1, 0.15) is 17.4 Å². The Morgan fingerprint density at radius 1 is 1.00 bits per heavy atom. The zero-order chi connectivity index (χ0) is 24.9. The summed E-state index contributed by atoms with van der Waals surface area (Å²) in [7, 11) is 0. The van der Waals surface area contributed by atoms with Crippen LogP contribution in [-0.2, 0) is 11.0 Å². The van der Waals surface area contributed by atoms with Crippen LogP contribution in [0.15, 0.2) is 72.3 Å². The maximum atomic E-state index is 12.9. The molecule has 0 aromatic heterocycles. The molecule has 0 saturated carbocycles. The van der Waals surface area contributed by atoms with Gasteiger partial charge in [0.15, 0.2) is 0 Å². The van der Waals surface area contributed by atoms with Crippen LogP contribution < -0.4 is 10.1 Å². The van der Waals surface area contributed by atoms with E-state index in [-0.39, 0.29) is 27.6 Å². The number of carbonyl (C=O) groups excluding carboxylic acids is 2. The summed E-state index contributed by atoms with van der Waals surface area (Å²) in [6.45, 7) is 0. The van der Waals surface area contributed by atoms with Gasteiger partial charge in [0.25, 0.3) is 5.91 Å². The third kappa shape index (κ3) is 6.38. The number of halogens is 5. The summed E-state index contributed by atoms with van der Waals surface area (Å²) in [5.74, 6) is -1.54. The highest BCUT2D eigenvalue weighted by Crippen LogP contribution is 2.31. The lowest BCUT2D eigenvalue weighted by atomic mass is 10.1. The number of hydrogen-bond acceptors (Lipinski definition) is 4. The van der Waals surface area contributed by atoms with Gasteiger partial charge >= 0.3 is 12.1 Å². The summed E-state index contributed by atoms with van der Waals surface area (Å²) in [6.07, 6.45) is -3.38. The van der Waals surface area contributed by atoms with Crippen molar-refractivity contribution in [3.63, 3.8) is 0 Å². The van der Waals surface area contributed by atoms with E-state index < -0.39 is 23.6 Å². The molecule has 0 aliphatic rings. The molecule has 0 fully saturated rings. The van der Waals surface area contributed by atoms with Crippen LogP contribution in [-0.4, -0.2) is 11.9 Å². The van der Waals surface area contributed by atoms with Crippen molar-refractivity contribution in [2.45, 2.75) is 6.18 Å². The molecule has 0 radical (unpaired) electrons. The first-order valence-corrected chi connectivity index (χ1v) is 10.2. The van der Waals surface area contributed by atoms with Crippen LogP contribution in [0.4, 0.5) is 18.9 Å². The van der Waals surface area contributed by atoms with Gasteiger partial charge in [-0.3, -0.25) is 4.79 Å². The minimum atomic E-state index is -4.58. The number of nitriles is 1. The monoisotopic (exact) mass is 504 g/mol. The third-order valence-corrected chi connectivity index (χ3v) is 4.89. The molecule has 172 valence electrons. The predicted octanol–water partition coefficient (Wildman–Crippen LogP) is 6.78. The molecule has 3 aromatic carbocycles. The number of esters is 1. The number of hydrogen-bond donors (Lipinski definition) is 1. The van der Waals surface area contributed by atoms with Crippen LogP contribution in [0.2, 0.25) is 10.0 Å². The Labute approximate surface area is 202 Å². The van der Waals surface area contributed by atoms with Gasteiger partial charge in [-0.25, -0.2) is 4.79 Å². The molecule has 0 atom stereocenters. The fraction of sp³-hybridized carbons (Fsp3) is 0.0417. The van der Waals surface area contributed by atoms with E-state index in [2.05, 4.69) is 5.32 Å². The maximum Gasteiger partial charge on any atom is 0.416 e. The number of nitrogens with zero attached hydrogens (tertiary/aromatic N) is 1. The maximum absolute atomic E-state index is 12.9. The Bertz CT molecular complexity index is 1330. The number of ether oxygens (including phenoxy) is 1. The standard InChI is InChI=1S/C24H13Cl2F3N2O3/c25-17-7-8-20(21(26)12-17)23(33)34-19-6-1-3-14(10-19)9-15(13-30)22(32)31-18-5-2-4-16(11-18)24(27,28)29/h1-12H,(H,31,32)/b15-9+. The first kappa shape index (κ1) is 24.8. The molecule has 3 aromatic rings. The summed E-state index contributed by atoms with van der Waals surface area (Å²) in [5.41, 5.74) is -1.01. The summed E-state index contributed by atoms with van der Waals surface area (Å²) in [4.78, 5) is 24.8. The minimum Gasteiger partial charge on any atom is -0.423 e. The molecule has 0 saturated heterocycles. The Morgan fingerprint density at radius 3 is 2.41 bits per heavy atom. The zero-order valence-corrected chi connectivity index (χ0v) is 18.5. The van der Waals surface area contributed by atoms with Gasteiger partial charge in [0.05, 0.1) is 16.1 Å². The Balaban J connectivity index is 1.78. The lowest BCUT2D eigenvalue weighted by molar-refractivity contribution is -0.137. The van der Waals surface area contributed by atoms with Gasteiger partial charge in [-0.15, -0.1) is 0 Å². The number of anilines is 1. The van der Waals surface area contributed by atoms with E-state index in [0.29, 0.717) is 10.6 Å². The average molecular weight is 505 g/mol. The molecule has 10 heteroatoms. The predicted molar refractivity (Wildman–Crippen MR) is 122 cm³/mol. The molecule has 0 spiro atoms. The molecule has 0 bridgehead atoms. The van der Waals surface area contributed by atoms with Gasteiger partial charge in [-0.05, 0) is 60.2 Å². The van der Waals surface area contributed by atoms with E-state index in [1.54, 1.807) is 12.1 Å². The van der Waals surface area contributed by atoms with Gasteiger partial charge in [-0.1, -0.05) is 41.4 Å². The molecule has 34 heavy (non-hydrogen) atoms. The normalized spacial score (nSPS) is 11.5. The summed E-state index contributed by atoms with van der Waals surface area (Å²) in [6, 6.07) is 16.0. The molecule has 5 nitrogen and oxygen atoms in total. The van der Waals surface area contributed by atoms with E-state index in [9.17, 15) is 28.0 Å². The third-order valence-electron chi connectivity index (χ3n) is 4.34. The van der Waals surface area contributed by atoms with Gasteiger partial charge in [0.2, 0.25) is 0 Å². The van der Waals surface area contributed by atoms with Gasteiger partial charge in [0, 0.05) is 10.7 Å². The fourth-order valence-corrected chi connectivity index (χ4v) is 3.26. The summed E-state index contributed by atoms with van der Waals surface area (Å²) in [5, 5.41) is 12.1. The molecular weight excluding hydrogens is 492 g/mol.